The second-order valence-corrected chi connectivity index (χ2v) is 6.98. The summed E-state index contributed by atoms with van der Waals surface area (Å²) in [5, 5.41) is 1.51. The van der Waals surface area contributed by atoms with Gasteiger partial charge in [0.05, 0.1) is 36.8 Å². The van der Waals surface area contributed by atoms with Crippen molar-refractivity contribution in [2.75, 3.05) is 32.6 Å². The highest BCUT2D eigenvalue weighted by atomic mass is 35.5. The third-order valence-corrected chi connectivity index (χ3v) is 5.44. The smallest absolute Gasteiger partial charge is 0.237 e. The number of pyridine rings is 1. The highest BCUT2D eigenvalue weighted by Gasteiger charge is 2.35. The summed E-state index contributed by atoms with van der Waals surface area (Å²) >= 11 is 12.8. The molecule has 3 rings (SSSR count). The Morgan fingerprint density at radius 1 is 1.44 bits per heavy atom. The Labute approximate surface area is 156 Å². The lowest BCUT2D eigenvalue weighted by Gasteiger charge is -2.21. The van der Waals surface area contributed by atoms with E-state index in [0.717, 1.165) is 22.3 Å². The maximum Gasteiger partial charge on any atom is 0.237 e. The molecule has 2 aromatic rings. The van der Waals surface area contributed by atoms with Crippen LogP contribution < -0.4 is 15.4 Å². The van der Waals surface area contributed by atoms with Gasteiger partial charge in [-0.05, 0) is 18.6 Å². The molecule has 1 aromatic carbocycles. The molecule has 1 aliphatic rings. The molecule has 1 aliphatic heterocycles. The summed E-state index contributed by atoms with van der Waals surface area (Å²) in [5.74, 6) is 1.15. The first-order chi connectivity index (χ1) is 11.8. The van der Waals surface area contributed by atoms with Crippen molar-refractivity contribution in [2.24, 2.45) is 5.73 Å². The zero-order valence-electron chi connectivity index (χ0n) is 14.6. The van der Waals surface area contributed by atoms with Crippen LogP contribution in [0.1, 0.15) is 24.1 Å². The summed E-state index contributed by atoms with van der Waals surface area (Å²) < 4.78 is 5.35. The molecule has 134 valence electrons. The number of hydrogen-bond acceptors (Lipinski definition) is 5. The van der Waals surface area contributed by atoms with Gasteiger partial charge in [-0.25, -0.2) is 4.98 Å². The average Bonchev–Trinajstić information content (AvgIpc) is 2.94. The highest BCUT2D eigenvalue weighted by molar-refractivity contribution is 6.46. The molecule has 25 heavy (non-hydrogen) atoms. The van der Waals surface area contributed by atoms with E-state index in [1.807, 2.05) is 32.0 Å². The number of carbonyl (C=O) groups excluding carboxylic acids is 1. The van der Waals surface area contributed by atoms with Gasteiger partial charge in [-0.15, -0.1) is 0 Å². The molecule has 8 heteroatoms. The fourth-order valence-electron chi connectivity index (χ4n) is 3.40. The summed E-state index contributed by atoms with van der Waals surface area (Å²) in [6, 6.07) is 1.69. The number of amides is 1. The Kier molecular flexibility index (Phi) is 4.70. The first-order valence-electron chi connectivity index (χ1n) is 7.87. The van der Waals surface area contributed by atoms with Crippen LogP contribution >= 0.6 is 23.2 Å². The van der Waals surface area contributed by atoms with Gasteiger partial charge in [0.1, 0.15) is 16.6 Å². The summed E-state index contributed by atoms with van der Waals surface area (Å²) in [7, 11) is 5.36. The van der Waals surface area contributed by atoms with E-state index in [1.54, 1.807) is 12.0 Å². The fraction of sp³-hybridized carbons (Fsp3) is 0.412. The van der Waals surface area contributed by atoms with Gasteiger partial charge in [0.25, 0.3) is 0 Å². The predicted molar refractivity (Wildman–Crippen MR) is 101 cm³/mol. The van der Waals surface area contributed by atoms with Crippen molar-refractivity contribution in [1.29, 1.82) is 0 Å². The van der Waals surface area contributed by atoms with E-state index in [-0.39, 0.29) is 18.5 Å². The largest absolute Gasteiger partial charge is 0.495 e. The number of methoxy groups -OCH3 is 1. The van der Waals surface area contributed by atoms with Crippen LogP contribution in [0.5, 0.6) is 5.75 Å². The van der Waals surface area contributed by atoms with E-state index in [1.165, 1.54) is 0 Å². The molecule has 0 bridgehead atoms. The summed E-state index contributed by atoms with van der Waals surface area (Å²) in [5.41, 5.74) is 8.17. The summed E-state index contributed by atoms with van der Waals surface area (Å²) in [6.07, 6.45) is 0. The van der Waals surface area contributed by atoms with Crippen molar-refractivity contribution in [3.8, 4) is 5.75 Å². The molecule has 0 fully saturated rings. The number of nitrogens with zero attached hydrogens (tertiary/aromatic N) is 3. The molecule has 0 saturated carbocycles. The number of nitrogens with two attached hydrogens (primary N) is 1. The molecule has 2 heterocycles. The minimum atomic E-state index is -0.141. The van der Waals surface area contributed by atoms with Crippen LogP contribution in [0, 0.1) is 0 Å². The van der Waals surface area contributed by atoms with Crippen molar-refractivity contribution < 1.29 is 9.53 Å². The van der Waals surface area contributed by atoms with E-state index in [9.17, 15) is 4.79 Å². The van der Waals surface area contributed by atoms with Crippen LogP contribution in [0.25, 0.3) is 10.9 Å². The Morgan fingerprint density at radius 3 is 2.68 bits per heavy atom. The zero-order valence-corrected chi connectivity index (χ0v) is 16.1. The lowest BCUT2D eigenvalue weighted by atomic mass is 10.00. The lowest BCUT2D eigenvalue weighted by molar-refractivity contribution is -0.131. The second-order valence-electron chi connectivity index (χ2n) is 6.23. The number of carbonyl (C=O) groups is 1. The number of aromatic nitrogens is 1. The van der Waals surface area contributed by atoms with Crippen LogP contribution in [-0.4, -0.2) is 43.5 Å². The maximum atomic E-state index is 12.2. The number of fused-ring (bicyclic) bond motifs is 3. The number of anilines is 1. The van der Waals surface area contributed by atoms with E-state index < -0.39 is 0 Å². The van der Waals surface area contributed by atoms with Gasteiger partial charge < -0.3 is 20.3 Å². The minimum absolute atomic E-state index is 0.0309. The topological polar surface area (TPSA) is 71.7 Å². The molecule has 1 aromatic heterocycles. The molecule has 6 nitrogen and oxygen atoms in total. The minimum Gasteiger partial charge on any atom is -0.495 e. The van der Waals surface area contributed by atoms with Crippen LogP contribution in [-0.2, 0) is 11.3 Å². The standard InChI is InChI=1S/C17H20Cl2N4O2/c1-8-13-9-5-11(25-4)14(18)15(19)16(9)21-17(22(2)3)10(13)7-23(8)12(24)6-20/h5,8H,6-7,20H2,1-4H3/t8-/m0/s1. The molecule has 0 unspecified atom stereocenters. The molecular weight excluding hydrogens is 363 g/mol. The Balaban J connectivity index is 2.37. The molecule has 0 saturated heterocycles. The van der Waals surface area contributed by atoms with E-state index >= 15 is 0 Å². The predicted octanol–water partition coefficient (Wildman–Crippen LogP) is 2.98. The number of rotatable bonds is 3. The van der Waals surface area contributed by atoms with E-state index in [4.69, 9.17) is 38.7 Å². The quantitative estimate of drug-likeness (QED) is 0.883. The first kappa shape index (κ1) is 18.0. The van der Waals surface area contributed by atoms with Crippen LogP contribution in [0.15, 0.2) is 6.07 Å². The molecule has 0 spiro atoms. The van der Waals surface area contributed by atoms with Gasteiger partial charge in [0.15, 0.2) is 0 Å². The third-order valence-electron chi connectivity index (χ3n) is 4.60. The lowest BCUT2D eigenvalue weighted by Crippen LogP contribution is -2.33. The molecule has 1 atom stereocenters. The number of halogens is 2. The van der Waals surface area contributed by atoms with Gasteiger partial charge in [0, 0.05) is 25.0 Å². The van der Waals surface area contributed by atoms with Crippen molar-refractivity contribution in [1.82, 2.24) is 9.88 Å². The molecule has 1 amide bonds. The third kappa shape index (κ3) is 2.69. The van der Waals surface area contributed by atoms with Crippen molar-refractivity contribution >= 4 is 45.8 Å². The van der Waals surface area contributed by atoms with Gasteiger partial charge in [-0.3, -0.25) is 4.79 Å². The first-order valence-corrected chi connectivity index (χ1v) is 8.62. The van der Waals surface area contributed by atoms with Crippen LogP contribution in [0.4, 0.5) is 5.82 Å². The van der Waals surface area contributed by atoms with E-state index in [0.29, 0.717) is 27.9 Å². The van der Waals surface area contributed by atoms with Gasteiger partial charge in [-0.1, -0.05) is 23.2 Å². The van der Waals surface area contributed by atoms with Crippen LogP contribution in [0.3, 0.4) is 0 Å². The van der Waals surface area contributed by atoms with Gasteiger partial charge in [-0.2, -0.15) is 0 Å². The van der Waals surface area contributed by atoms with Gasteiger partial charge in [0.2, 0.25) is 5.91 Å². The summed E-state index contributed by atoms with van der Waals surface area (Å²) in [4.78, 5) is 20.6. The molecule has 0 aliphatic carbocycles. The average molecular weight is 383 g/mol. The van der Waals surface area contributed by atoms with E-state index in [2.05, 4.69) is 0 Å². The zero-order chi connectivity index (χ0) is 18.5. The van der Waals surface area contributed by atoms with Gasteiger partial charge >= 0.3 is 0 Å². The molecule has 0 radical (unpaired) electrons. The van der Waals surface area contributed by atoms with Crippen molar-refractivity contribution in [3.63, 3.8) is 0 Å². The normalized spacial score (nSPS) is 16.3. The Morgan fingerprint density at radius 2 is 2.12 bits per heavy atom. The Hall–Kier alpha value is -1.76. The highest BCUT2D eigenvalue weighted by Crippen LogP contribution is 2.46. The Bertz CT molecular complexity index is 870. The fourth-order valence-corrected chi connectivity index (χ4v) is 3.86. The monoisotopic (exact) mass is 382 g/mol. The SMILES string of the molecule is COc1cc2c3c(c(N(C)C)nc2c(Cl)c1Cl)CN(C(=O)CN)[C@H]3C. The summed E-state index contributed by atoms with van der Waals surface area (Å²) in [6.45, 7) is 2.41. The number of benzene rings is 1. The molecule has 2 N–H and O–H groups in total. The van der Waals surface area contributed by atoms with Crippen molar-refractivity contribution in [3.05, 3.63) is 27.2 Å². The number of ether oxygens (including phenoxy) is 1. The second kappa shape index (κ2) is 6.52. The molecular formula is C17H20Cl2N4O2. The van der Waals surface area contributed by atoms with Crippen LogP contribution in [0.2, 0.25) is 10.0 Å². The maximum absolute atomic E-state index is 12.2. The number of hydrogen-bond donors (Lipinski definition) is 1. The van der Waals surface area contributed by atoms with Crippen molar-refractivity contribution in [2.45, 2.75) is 19.5 Å².